The van der Waals surface area contributed by atoms with Crippen LogP contribution in [0.25, 0.3) is 0 Å². The quantitative estimate of drug-likeness (QED) is 0.507. The summed E-state index contributed by atoms with van der Waals surface area (Å²) in [6.45, 7) is 5.00. The van der Waals surface area contributed by atoms with Gasteiger partial charge in [-0.15, -0.1) is 0 Å². The van der Waals surface area contributed by atoms with Gasteiger partial charge < -0.3 is 30.1 Å². The highest BCUT2D eigenvalue weighted by Gasteiger charge is 2.53. The van der Waals surface area contributed by atoms with E-state index in [0.29, 0.717) is 17.7 Å². The summed E-state index contributed by atoms with van der Waals surface area (Å²) < 4.78 is 10.7. The number of fused-ring (bicyclic) bond motifs is 1. The predicted molar refractivity (Wildman–Crippen MR) is 141 cm³/mol. The summed E-state index contributed by atoms with van der Waals surface area (Å²) in [4.78, 5) is 45.7. The first-order valence-corrected chi connectivity index (χ1v) is 13.9. The molecule has 2 amide bonds. The smallest absolute Gasteiger partial charge is 0.249 e. The molecular formula is C28H40N4O6. The molecule has 10 heteroatoms. The van der Waals surface area contributed by atoms with Gasteiger partial charge in [0.05, 0.1) is 19.1 Å². The fourth-order valence-corrected chi connectivity index (χ4v) is 6.77. The average Bonchev–Trinajstić information content (AvgIpc) is 3.48. The lowest BCUT2D eigenvalue weighted by molar-refractivity contribution is -0.139. The number of methoxy groups -OCH3 is 1. The van der Waals surface area contributed by atoms with Crippen molar-refractivity contribution in [3.63, 3.8) is 0 Å². The van der Waals surface area contributed by atoms with Crippen LogP contribution in [0.4, 0.5) is 5.69 Å². The number of hydrogen-bond acceptors (Lipinski definition) is 8. The molecule has 1 aromatic carbocycles. The maximum absolute atomic E-state index is 14.3. The molecule has 3 heterocycles. The number of likely N-dealkylation sites (tertiary alicyclic amines) is 1. The van der Waals surface area contributed by atoms with Crippen LogP contribution in [-0.4, -0.2) is 110 Å². The molecule has 0 bridgehead atoms. The number of ketones is 1. The van der Waals surface area contributed by atoms with Crippen molar-refractivity contribution in [2.75, 3.05) is 64.5 Å². The molecule has 0 unspecified atom stereocenters. The largest absolute Gasteiger partial charge is 0.388 e. The number of nitrogens with zero attached hydrogens (tertiary/aromatic N) is 3. The molecule has 4 atom stereocenters. The molecule has 0 spiro atoms. The number of amides is 2. The van der Waals surface area contributed by atoms with Crippen molar-refractivity contribution < 1.29 is 29.0 Å². The number of aliphatic hydroxyl groups excluding tert-OH is 1. The van der Waals surface area contributed by atoms with Crippen LogP contribution in [-0.2, 0) is 19.1 Å². The number of ether oxygens (including phenoxy) is 2. The van der Waals surface area contributed by atoms with Gasteiger partial charge in [-0.3, -0.25) is 19.3 Å². The first-order valence-electron chi connectivity index (χ1n) is 13.9. The van der Waals surface area contributed by atoms with Crippen molar-refractivity contribution >= 4 is 23.3 Å². The zero-order valence-electron chi connectivity index (χ0n) is 22.2. The summed E-state index contributed by atoms with van der Waals surface area (Å²) in [5.41, 5.74) is 7.80. The monoisotopic (exact) mass is 528 g/mol. The van der Waals surface area contributed by atoms with E-state index in [2.05, 4.69) is 9.80 Å². The second kappa shape index (κ2) is 11.7. The number of Topliss-reactive ketones (excluding diaryl/α,β-unsaturated/α-hetero) is 1. The Balaban J connectivity index is 1.47. The summed E-state index contributed by atoms with van der Waals surface area (Å²) in [6.07, 6.45) is 3.29. The van der Waals surface area contributed by atoms with Gasteiger partial charge in [-0.05, 0) is 42.5 Å². The Morgan fingerprint density at radius 3 is 2.58 bits per heavy atom. The third-order valence-corrected chi connectivity index (χ3v) is 8.81. The summed E-state index contributed by atoms with van der Waals surface area (Å²) in [5.74, 6) is -1.54. The number of nitrogens with two attached hydrogens (primary N) is 1. The second-order valence-corrected chi connectivity index (χ2v) is 11.1. The highest BCUT2D eigenvalue weighted by atomic mass is 16.5. The Morgan fingerprint density at radius 2 is 1.89 bits per heavy atom. The summed E-state index contributed by atoms with van der Waals surface area (Å²) >= 11 is 0. The van der Waals surface area contributed by atoms with Gasteiger partial charge in [-0.1, -0.05) is 19.3 Å². The Bertz CT molecular complexity index is 1040. The van der Waals surface area contributed by atoms with Crippen LogP contribution in [0.3, 0.4) is 0 Å². The van der Waals surface area contributed by atoms with Crippen molar-refractivity contribution in [3.8, 4) is 0 Å². The molecule has 4 aliphatic rings. The molecule has 10 nitrogen and oxygen atoms in total. The number of benzene rings is 1. The van der Waals surface area contributed by atoms with E-state index in [1.54, 1.807) is 13.2 Å². The van der Waals surface area contributed by atoms with Crippen LogP contribution in [0.2, 0.25) is 0 Å². The lowest BCUT2D eigenvalue weighted by atomic mass is 9.74. The highest BCUT2D eigenvalue weighted by molar-refractivity contribution is 5.99. The zero-order chi connectivity index (χ0) is 26.8. The van der Waals surface area contributed by atoms with E-state index in [9.17, 15) is 19.5 Å². The van der Waals surface area contributed by atoms with Crippen molar-refractivity contribution in [2.45, 2.75) is 56.3 Å². The number of rotatable bonds is 8. The molecule has 1 saturated carbocycles. The second-order valence-electron chi connectivity index (χ2n) is 11.1. The lowest BCUT2D eigenvalue weighted by Crippen LogP contribution is -2.47. The van der Waals surface area contributed by atoms with Crippen molar-refractivity contribution in [2.24, 2.45) is 11.7 Å². The maximum Gasteiger partial charge on any atom is 0.249 e. The number of piperazine rings is 1. The van der Waals surface area contributed by atoms with Crippen LogP contribution >= 0.6 is 0 Å². The Morgan fingerprint density at radius 1 is 1.16 bits per heavy atom. The fraction of sp³-hybridized carbons (Fsp3) is 0.679. The Hall–Kier alpha value is -2.53. The van der Waals surface area contributed by atoms with Gasteiger partial charge in [0.25, 0.3) is 0 Å². The topological polar surface area (TPSA) is 126 Å². The molecule has 0 radical (unpaired) electrons. The first-order chi connectivity index (χ1) is 18.4. The van der Waals surface area contributed by atoms with Gasteiger partial charge in [0, 0.05) is 51.1 Å². The van der Waals surface area contributed by atoms with E-state index in [1.165, 1.54) is 4.90 Å². The van der Waals surface area contributed by atoms with Crippen molar-refractivity contribution in [1.82, 2.24) is 9.80 Å². The van der Waals surface area contributed by atoms with Crippen LogP contribution in [0.5, 0.6) is 0 Å². The third-order valence-electron chi connectivity index (χ3n) is 8.81. The van der Waals surface area contributed by atoms with Crippen LogP contribution < -0.4 is 10.6 Å². The molecule has 3 aliphatic heterocycles. The Kier molecular flexibility index (Phi) is 8.32. The minimum atomic E-state index is -0.904. The van der Waals surface area contributed by atoms with Gasteiger partial charge in [-0.25, -0.2) is 0 Å². The van der Waals surface area contributed by atoms with Crippen molar-refractivity contribution in [1.29, 1.82) is 0 Å². The SMILES string of the molecule is COCCN1CCN(c2ccc(C(N)=O)c([C@@H](C(=O)N3C[C@@H](O)[C@H]4OCC(=O)[C@H]43)C3CCCCC3)c2)CC1. The molecule has 208 valence electrons. The minimum Gasteiger partial charge on any atom is -0.388 e. The fourth-order valence-electron chi connectivity index (χ4n) is 6.77. The number of β-amino-alcohol motifs (C(OH)–C–C–N with tert-alkyl or cyclic N) is 1. The molecule has 1 aliphatic carbocycles. The number of primary amides is 1. The van der Waals surface area contributed by atoms with Gasteiger partial charge in [0.2, 0.25) is 11.8 Å². The van der Waals surface area contributed by atoms with Gasteiger partial charge in [0.1, 0.15) is 24.9 Å². The molecule has 1 aromatic rings. The van der Waals surface area contributed by atoms with Gasteiger partial charge in [0.15, 0.2) is 5.78 Å². The van der Waals surface area contributed by atoms with E-state index in [-0.39, 0.29) is 30.8 Å². The maximum atomic E-state index is 14.3. The van der Waals surface area contributed by atoms with E-state index < -0.39 is 30.1 Å². The standard InChI is InChI=1S/C28H40N4O6/c1-37-14-13-30-9-11-31(12-10-30)19-7-8-20(27(29)35)21(15-19)24(18-5-3-2-4-6-18)28(36)32-16-22(33)26-25(32)23(34)17-38-26/h7-8,15,18,22,24-26,33H,2-6,9-14,16-17H2,1H3,(H2,29,35)/t22-,24+,25-,26-/m1/s1. The first kappa shape index (κ1) is 27.1. The summed E-state index contributed by atoms with van der Waals surface area (Å²) in [7, 11) is 1.71. The summed E-state index contributed by atoms with van der Waals surface area (Å²) in [5, 5.41) is 10.6. The number of aliphatic hydroxyl groups is 1. The van der Waals surface area contributed by atoms with Crippen LogP contribution in [0.1, 0.15) is 53.9 Å². The molecular weight excluding hydrogens is 488 g/mol. The minimum absolute atomic E-state index is 0.0316. The molecule has 5 rings (SSSR count). The number of carbonyl (C=O) groups is 3. The average molecular weight is 529 g/mol. The van der Waals surface area contributed by atoms with E-state index >= 15 is 0 Å². The summed E-state index contributed by atoms with van der Waals surface area (Å²) in [6, 6.07) is 4.86. The van der Waals surface area contributed by atoms with E-state index in [0.717, 1.165) is 70.5 Å². The zero-order valence-corrected chi connectivity index (χ0v) is 22.2. The third kappa shape index (κ3) is 5.32. The number of carbonyl (C=O) groups excluding carboxylic acids is 3. The normalized spacial score (nSPS) is 27.5. The molecule has 0 aromatic heterocycles. The van der Waals surface area contributed by atoms with Gasteiger partial charge in [-0.2, -0.15) is 0 Å². The molecule has 4 fully saturated rings. The van der Waals surface area contributed by atoms with E-state index in [1.807, 2.05) is 12.1 Å². The predicted octanol–water partition coefficient (Wildman–Crippen LogP) is 0.757. The van der Waals surface area contributed by atoms with Crippen molar-refractivity contribution in [3.05, 3.63) is 29.3 Å². The Labute approximate surface area is 224 Å². The molecule has 3 N–H and O–H groups in total. The lowest BCUT2D eigenvalue weighted by Gasteiger charge is -2.37. The van der Waals surface area contributed by atoms with Crippen LogP contribution in [0, 0.1) is 5.92 Å². The van der Waals surface area contributed by atoms with E-state index in [4.69, 9.17) is 15.2 Å². The van der Waals surface area contributed by atoms with Crippen LogP contribution in [0.15, 0.2) is 18.2 Å². The molecule has 3 saturated heterocycles. The number of anilines is 1. The number of hydrogen-bond donors (Lipinski definition) is 2. The molecule has 38 heavy (non-hydrogen) atoms. The van der Waals surface area contributed by atoms with Gasteiger partial charge >= 0.3 is 0 Å². The highest BCUT2D eigenvalue weighted by Crippen LogP contribution is 2.42.